The van der Waals surface area contributed by atoms with E-state index in [1.165, 1.54) is 0 Å². The number of aliphatic carboxylic acids is 1. The molecular formula is C7H15N3O2. The van der Waals surface area contributed by atoms with Crippen molar-refractivity contribution < 1.29 is 9.90 Å². The highest BCUT2D eigenvalue weighted by Gasteiger charge is 2.37. The van der Waals surface area contributed by atoms with Gasteiger partial charge in [-0.15, -0.1) is 0 Å². The molecule has 1 aliphatic heterocycles. The van der Waals surface area contributed by atoms with Crippen molar-refractivity contribution in [1.29, 1.82) is 0 Å². The fourth-order valence-electron chi connectivity index (χ4n) is 1.34. The lowest BCUT2D eigenvalue weighted by atomic mass is 9.83. The fraction of sp³-hybridized carbons (Fsp3) is 0.857. The number of nitrogens with one attached hydrogen (secondary N) is 1. The first-order chi connectivity index (χ1) is 5.43. The molecule has 0 bridgehead atoms. The molecule has 0 radical (unpaired) electrons. The molecule has 0 spiro atoms. The number of hydrogen-bond donors (Lipinski definition) is 4. The maximum Gasteiger partial charge on any atom is 0.320 e. The number of carboxylic acid groups (broad SMARTS) is 1. The molecule has 6 N–H and O–H groups in total. The minimum atomic E-state index is -0.862. The molecular weight excluding hydrogens is 158 g/mol. The van der Waals surface area contributed by atoms with Gasteiger partial charge in [0.1, 0.15) is 6.04 Å². The summed E-state index contributed by atoms with van der Waals surface area (Å²) in [6, 6.07) is -0.729. The minimum Gasteiger partial charge on any atom is -0.480 e. The summed E-state index contributed by atoms with van der Waals surface area (Å²) in [5.41, 5.74) is 10.9. The molecule has 3 unspecified atom stereocenters. The van der Waals surface area contributed by atoms with E-state index in [0.29, 0.717) is 13.0 Å². The van der Waals surface area contributed by atoms with Crippen LogP contribution >= 0.6 is 0 Å². The Bertz CT molecular complexity index is 193. The second-order valence-corrected chi connectivity index (χ2v) is 3.62. The molecule has 0 aliphatic carbocycles. The summed E-state index contributed by atoms with van der Waals surface area (Å²) < 4.78 is 0. The minimum absolute atomic E-state index is 0.173. The van der Waals surface area contributed by atoms with Crippen LogP contribution < -0.4 is 16.8 Å². The first kappa shape index (κ1) is 9.44. The summed E-state index contributed by atoms with van der Waals surface area (Å²) in [6.07, 6.45) is 0.378. The molecule has 0 aromatic carbocycles. The zero-order valence-corrected chi connectivity index (χ0v) is 7.08. The number of rotatable bonds is 1. The molecule has 0 aromatic rings. The summed E-state index contributed by atoms with van der Waals surface area (Å²) in [7, 11) is 0. The highest BCUT2D eigenvalue weighted by molar-refractivity contribution is 5.73. The highest BCUT2D eigenvalue weighted by Crippen LogP contribution is 2.17. The molecule has 0 amide bonds. The normalized spacial score (nSPS) is 42.6. The van der Waals surface area contributed by atoms with Crippen molar-refractivity contribution in [3.8, 4) is 0 Å². The number of hydrogen-bond acceptors (Lipinski definition) is 4. The predicted octanol–water partition coefficient (Wildman–Crippen LogP) is -1.52. The molecule has 0 saturated carbocycles. The van der Waals surface area contributed by atoms with Gasteiger partial charge >= 0.3 is 5.97 Å². The quantitative estimate of drug-likeness (QED) is 0.385. The summed E-state index contributed by atoms with van der Waals surface area (Å²) in [5.74, 6) is -0.862. The van der Waals surface area contributed by atoms with E-state index in [1.807, 2.05) is 0 Å². The van der Waals surface area contributed by atoms with Gasteiger partial charge in [-0.2, -0.15) is 0 Å². The Hall–Kier alpha value is -0.650. The zero-order valence-electron chi connectivity index (χ0n) is 7.08. The molecule has 1 saturated heterocycles. The average Bonchev–Trinajstić information content (AvgIpc) is 1.94. The molecule has 3 atom stereocenters. The van der Waals surface area contributed by atoms with Crippen molar-refractivity contribution >= 4 is 5.97 Å². The lowest BCUT2D eigenvalue weighted by Crippen LogP contribution is -2.66. The van der Waals surface area contributed by atoms with E-state index in [-0.39, 0.29) is 6.04 Å². The Morgan fingerprint density at radius 3 is 2.75 bits per heavy atom. The maximum atomic E-state index is 10.6. The van der Waals surface area contributed by atoms with E-state index in [0.717, 1.165) is 0 Å². The number of carboxylic acids is 1. The van der Waals surface area contributed by atoms with Gasteiger partial charge in [0, 0.05) is 18.1 Å². The van der Waals surface area contributed by atoms with Crippen LogP contribution in [0.5, 0.6) is 0 Å². The molecule has 1 rings (SSSR count). The second-order valence-electron chi connectivity index (χ2n) is 3.62. The molecule has 0 aromatic heterocycles. The van der Waals surface area contributed by atoms with Gasteiger partial charge < -0.3 is 21.9 Å². The van der Waals surface area contributed by atoms with Crippen molar-refractivity contribution in [2.75, 3.05) is 6.54 Å². The Kier molecular flexibility index (Phi) is 2.36. The highest BCUT2D eigenvalue weighted by atomic mass is 16.4. The summed E-state index contributed by atoms with van der Waals surface area (Å²) in [6.45, 7) is 2.25. The van der Waals surface area contributed by atoms with Gasteiger partial charge in [0.25, 0.3) is 0 Å². The van der Waals surface area contributed by atoms with Gasteiger partial charge in [-0.05, 0) is 13.3 Å². The summed E-state index contributed by atoms with van der Waals surface area (Å²) >= 11 is 0. The topological polar surface area (TPSA) is 101 Å². The fourth-order valence-corrected chi connectivity index (χ4v) is 1.34. The molecule has 12 heavy (non-hydrogen) atoms. The van der Waals surface area contributed by atoms with Crippen LogP contribution in [-0.4, -0.2) is 35.2 Å². The van der Waals surface area contributed by atoms with E-state index in [2.05, 4.69) is 5.32 Å². The molecule has 1 fully saturated rings. The van der Waals surface area contributed by atoms with Gasteiger partial charge in [-0.3, -0.25) is 4.79 Å². The van der Waals surface area contributed by atoms with Crippen LogP contribution in [0.25, 0.3) is 0 Å². The Balaban J connectivity index is 2.63. The SMILES string of the molecule is CC1(N)CC(C(=O)O)NCC1N. The van der Waals surface area contributed by atoms with E-state index in [4.69, 9.17) is 16.6 Å². The average molecular weight is 173 g/mol. The van der Waals surface area contributed by atoms with Gasteiger partial charge in [0.05, 0.1) is 0 Å². The monoisotopic (exact) mass is 173 g/mol. The zero-order chi connectivity index (χ0) is 9.35. The summed E-state index contributed by atoms with van der Waals surface area (Å²) in [5, 5.41) is 11.5. The first-order valence-corrected chi connectivity index (χ1v) is 3.94. The number of nitrogens with two attached hydrogens (primary N) is 2. The third-order valence-electron chi connectivity index (χ3n) is 2.37. The van der Waals surface area contributed by atoms with Gasteiger partial charge in [0.2, 0.25) is 0 Å². The Labute approximate surface area is 71.1 Å². The standard InChI is InChI=1S/C7H15N3O2/c1-7(9)2-4(6(11)12)10-3-5(7)8/h4-5,10H,2-3,8-9H2,1H3,(H,11,12). The van der Waals surface area contributed by atoms with Crippen LogP contribution in [0.4, 0.5) is 0 Å². The smallest absolute Gasteiger partial charge is 0.320 e. The van der Waals surface area contributed by atoms with Crippen LogP contribution in [0.1, 0.15) is 13.3 Å². The molecule has 1 aliphatic rings. The Morgan fingerprint density at radius 1 is 1.75 bits per heavy atom. The van der Waals surface area contributed by atoms with Crippen molar-refractivity contribution in [2.45, 2.75) is 31.0 Å². The third-order valence-corrected chi connectivity index (χ3v) is 2.37. The molecule has 5 nitrogen and oxygen atoms in total. The second kappa shape index (κ2) is 3.01. The van der Waals surface area contributed by atoms with Crippen molar-refractivity contribution in [3.63, 3.8) is 0 Å². The van der Waals surface area contributed by atoms with E-state index < -0.39 is 17.6 Å². The predicted molar refractivity (Wildman–Crippen MR) is 44.6 cm³/mol. The van der Waals surface area contributed by atoms with Crippen LogP contribution in [0.15, 0.2) is 0 Å². The van der Waals surface area contributed by atoms with Crippen molar-refractivity contribution in [2.24, 2.45) is 11.5 Å². The summed E-state index contributed by atoms with van der Waals surface area (Å²) in [4.78, 5) is 10.6. The first-order valence-electron chi connectivity index (χ1n) is 3.94. The number of piperidine rings is 1. The number of carbonyl (C=O) groups is 1. The lowest BCUT2D eigenvalue weighted by Gasteiger charge is -2.39. The van der Waals surface area contributed by atoms with Crippen LogP contribution in [-0.2, 0) is 4.79 Å². The molecule has 70 valence electrons. The lowest BCUT2D eigenvalue weighted by molar-refractivity contribution is -0.140. The van der Waals surface area contributed by atoms with Crippen molar-refractivity contribution in [1.82, 2.24) is 5.32 Å². The Morgan fingerprint density at radius 2 is 2.33 bits per heavy atom. The third kappa shape index (κ3) is 1.74. The van der Waals surface area contributed by atoms with Crippen LogP contribution in [0, 0.1) is 0 Å². The van der Waals surface area contributed by atoms with E-state index >= 15 is 0 Å². The van der Waals surface area contributed by atoms with E-state index in [1.54, 1.807) is 6.92 Å². The van der Waals surface area contributed by atoms with Crippen LogP contribution in [0.3, 0.4) is 0 Å². The van der Waals surface area contributed by atoms with Gasteiger partial charge in [-0.1, -0.05) is 0 Å². The van der Waals surface area contributed by atoms with Crippen molar-refractivity contribution in [3.05, 3.63) is 0 Å². The molecule has 5 heteroatoms. The van der Waals surface area contributed by atoms with Gasteiger partial charge in [-0.25, -0.2) is 0 Å². The van der Waals surface area contributed by atoms with E-state index in [9.17, 15) is 4.79 Å². The van der Waals surface area contributed by atoms with Gasteiger partial charge in [0.15, 0.2) is 0 Å². The maximum absolute atomic E-state index is 10.6. The molecule has 1 heterocycles. The van der Waals surface area contributed by atoms with Crippen LogP contribution in [0.2, 0.25) is 0 Å². The largest absolute Gasteiger partial charge is 0.480 e.